The molecule has 0 bridgehead atoms. The van der Waals surface area contributed by atoms with Crippen molar-refractivity contribution in [2.75, 3.05) is 12.3 Å². The maximum Gasteiger partial charge on any atom is 0.241 e. The molecular formula is C18H25ClN2O2S. The van der Waals surface area contributed by atoms with E-state index in [1.807, 2.05) is 58.0 Å². The van der Waals surface area contributed by atoms with Gasteiger partial charge in [-0.25, -0.2) is 13.1 Å². The molecule has 0 atom stereocenters. The summed E-state index contributed by atoms with van der Waals surface area (Å²) in [6.45, 7) is 7.95. The zero-order valence-electron chi connectivity index (χ0n) is 14.5. The molecular weight excluding hydrogens is 344 g/mol. The highest BCUT2D eigenvalue weighted by atomic mass is 35.5. The van der Waals surface area contributed by atoms with Crippen molar-refractivity contribution in [3.8, 4) is 0 Å². The van der Waals surface area contributed by atoms with Crippen LogP contribution in [0.5, 0.6) is 0 Å². The molecule has 6 heteroatoms. The average molecular weight is 369 g/mol. The van der Waals surface area contributed by atoms with Gasteiger partial charge in [0.2, 0.25) is 10.0 Å². The van der Waals surface area contributed by atoms with E-state index in [0.29, 0.717) is 23.5 Å². The minimum absolute atomic E-state index is 0. The van der Waals surface area contributed by atoms with Crippen molar-refractivity contribution in [3.63, 3.8) is 0 Å². The van der Waals surface area contributed by atoms with Crippen LogP contribution in [0.1, 0.15) is 27.8 Å². The third-order valence-corrected chi connectivity index (χ3v) is 5.99. The second kappa shape index (κ2) is 8.01. The van der Waals surface area contributed by atoms with Crippen LogP contribution in [0.2, 0.25) is 0 Å². The van der Waals surface area contributed by atoms with Gasteiger partial charge in [-0.2, -0.15) is 0 Å². The Morgan fingerprint density at radius 3 is 1.96 bits per heavy atom. The van der Waals surface area contributed by atoms with Gasteiger partial charge in [0.05, 0.1) is 4.90 Å². The van der Waals surface area contributed by atoms with Crippen molar-refractivity contribution in [3.05, 3.63) is 58.1 Å². The fourth-order valence-corrected chi connectivity index (χ4v) is 4.31. The summed E-state index contributed by atoms with van der Waals surface area (Å²) in [5.41, 5.74) is 11.0. The standard InChI is InChI=1S/C18H24N2O2S.ClH/c1-12-11-13(2)15(4)18(14(12)3)23(21,22)20-10-9-16-5-7-17(19)8-6-16;/h5-8,11,20H,9-10,19H2,1-4H3;1H. The maximum absolute atomic E-state index is 12.7. The summed E-state index contributed by atoms with van der Waals surface area (Å²) in [5, 5.41) is 0. The van der Waals surface area contributed by atoms with Gasteiger partial charge in [-0.05, 0) is 74.1 Å². The van der Waals surface area contributed by atoms with Crippen LogP contribution < -0.4 is 10.5 Å². The van der Waals surface area contributed by atoms with Gasteiger partial charge in [0.1, 0.15) is 0 Å². The van der Waals surface area contributed by atoms with Gasteiger partial charge >= 0.3 is 0 Å². The van der Waals surface area contributed by atoms with E-state index in [0.717, 1.165) is 27.8 Å². The van der Waals surface area contributed by atoms with Crippen molar-refractivity contribution in [2.24, 2.45) is 0 Å². The van der Waals surface area contributed by atoms with E-state index in [-0.39, 0.29) is 12.4 Å². The van der Waals surface area contributed by atoms with Crippen molar-refractivity contribution in [1.82, 2.24) is 4.72 Å². The molecule has 132 valence electrons. The van der Waals surface area contributed by atoms with E-state index in [9.17, 15) is 8.42 Å². The molecule has 0 aromatic heterocycles. The summed E-state index contributed by atoms with van der Waals surface area (Å²) in [6, 6.07) is 9.50. The number of nitrogen functional groups attached to an aromatic ring is 1. The van der Waals surface area contributed by atoms with Crippen LogP contribution in [-0.4, -0.2) is 15.0 Å². The molecule has 2 aromatic rings. The van der Waals surface area contributed by atoms with Crippen molar-refractivity contribution in [2.45, 2.75) is 39.0 Å². The fraction of sp³-hybridized carbons (Fsp3) is 0.333. The van der Waals surface area contributed by atoms with Crippen LogP contribution in [0.25, 0.3) is 0 Å². The zero-order chi connectivity index (χ0) is 17.2. The molecule has 2 aromatic carbocycles. The van der Waals surface area contributed by atoms with E-state index >= 15 is 0 Å². The summed E-state index contributed by atoms with van der Waals surface area (Å²) in [5.74, 6) is 0. The Hall–Kier alpha value is -1.56. The van der Waals surface area contributed by atoms with Gasteiger partial charge in [0.25, 0.3) is 0 Å². The number of halogens is 1. The van der Waals surface area contributed by atoms with Crippen molar-refractivity contribution >= 4 is 28.1 Å². The summed E-state index contributed by atoms with van der Waals surface area (Å²) in [7, 11) is -3.52. The molecule has 0 saturated carbocycles. The Balaban J connectivity index is 0.00000288. The lowest BCUT2D eigenvalue weighted by molar-refractivity contribution is 0.580. The number of hydrogen-bond acceptors (Lipinski definition) is 3. The predicted molar refractivity (Wildman–Crippen MR) is 102 cm³/mol. The molecule has 0 aliphatic carbocycles. The average Bonchev–Trinajstić information content (AvgIpc) is 2.47. The Kier molecular flexibility index (Phi) is 6.84. The second-order valence-corrected chi connectivity index (χ2v) is 7.68. The first kappa shape index (κ1) is 20.5. The minimum atomic E-state index is -3.52. The number of rotatable bonds is 5. The van der Waals surface area contributed by atoms with Crippen LogP contribution >= 0.6 is 12.4 Å². The monoisotopic (exact) mass is 368 g/mol. The number of hydrogen-bond donors (Lipinski definition) is 2. The molecule has 2 rings (SSSR count). The number of anilines is 1. The Morgan fingerprint density at radius 1 is 0.958 bits per heavy atom. The summed E-state index contributed by atoms with van der Waals surface area (Å²) in [6.07, 6.45) is 0.627. The highest BCUT2D eigenvalue weighted by Crippen LogP contribution is 2.25. The molecule has 0 fully saturated rings. The molecule has 0 radical (unpaired) electrons. The molecule has 24 heavy (non-hydrogen) atoms. The van der Waals surface area contributed by atoms with Gasteiger partial charge in [0, 0.05) is 12.2 Å². The topological polar surface area (TPSA) is 72.2 Å². The quantitative estimate of drug-likeness (QED) is 0.794. The zero-order valence-corrected chi connectivity index (χ0v) is 16.1. The molecule has 4 nitrogen and oxygen atoms in total. The largest absolute Gasteiger partial charge is 0.399 e. The van der Waals surface area contributed by atoms with Crippen LogP contribution in [-0.2, 0) is 16.4 Å². The Morgan fingerprint density at radius 2 is 1.46 bits per heavy atom. The Bertz CT molecular complexity index is 790. The summed E-state index contributed by atoms with van der Waals surface area (Å²) in [4.78, 5) is 0.410. The lowest BCUT2D eigenvalue weighted by Crippen LogP contribution is -2.27. The maximum atomic E-state index is 12.7. The Labute approximate surface area is 150 Å². The van der Waals surface area contributed by atoms with Gasteiger partial charge in [-0.1, -0.05) is 18.2 Å². The van der Waals surface area contributed by atoms with Crippen LogP contribution in [0, 0.1) is 27.7 Å². The molecule has 3 N–H and O–H groups in total. The summed E-state index contributed by atoms with van der Waals surface area (Å²) >= 11 is 0. The molecule has 0 unspecified atom stereocenters. The van der Waals surface area contributed by atoms with E-state index in [1.165, 1.54) is 0 Å². The molecule has 0 aliphatic rings. The molecule has 0 saturated heterocycles. The van der Waals surface area contributed by atoms with E-state index in [4.69, 9.17) is 5.73 Å². The van der Waals surface area contributed by atoms with Gasteiger partial charge in [0.15, 0.2) is 0 Å². The lowest BCUT2D eigenvalue weighted by atomic mass is 10.0. The molecule has 0 spiro atoms. The smallest absolute Gasteiger partial charge is 0.241 e. The van der Waals surface area contributed by atoms with E-state index in [1.54, 1.807) is 0 Å². The molecule has 0 heterocycles. The lowest BCUT2D eigenvalue weighted by Gasteiger charge is -2.16. The van der Waals surface area contributed by atoms with E-state index in [2.05, 4.69) is 4.72 Å². The SMILES string of the molecule is Cc1cc(C)c(C)c(S(=O)(=O)NCCc2ccc(N)cc2)c1C.Cl. The van der Waals surface area contributed by atoms with Gasteiger partial charge < -0.3 is 5.73 Å². The number of benzene rings is 2. The highest BCUT2D eigenvalue weighted by Gasteiger charge is 2.21. The minimum Gasteiger partial charge on any atom is -0.399 e. The second-order valence-electron chi connectivity index (χ2n) is 5.98. The predicted octanol–water partition coefficient (Wildman–Crippen LogP) is 3.45. The van der Waals surface area contributed by atoms with E-state index < -0.39 is 10.0 Å². The third-order valence-electron chi connectivity index (χ3n) is 4.25. The number of nitrogens with one attached hydrogen (secondary N) is 1. The first-order valence-corrected chi connectivity index (χ1v) is 9.12. The number of sulfonamides is 1. The van der Waals surface area contributed by atoms with Gasteiger partial charge in [-0.3, -0.25) is 0 Å². The highest BCUT2D eigenvalue weighted by molar-refractivity contribution is 7.89. The molecule has 0 aliphatic heterocycles. The summed E-state index contributed by atoms with van der Waals surface area (Å²) < 4.78 is 28.1. The van der Waals surface area contributed by atoms with Crippen LogP contribution in [0.4, 0.5) is 5.69 Å². The first-order valence-electron chi connectivity index (χ1n) is 7.64. The van der Waals surface area contributed by atoms with Crippen molar-refractivity contribution in [1.29, 1.82) is 0 Å². The molecule has 0 amide bonds. The van der Waals surface area contributed by atoms with Crippen molar-refractivity contribution < 1.29 is 8.42 Å². The van der Waals surface area contributed by atoms with Crippen LogP contribution in [0.15, 0.2) is 35.2 Å². The fourth-order valence-electron chi connectivity index (χ4n) is 2.67. The first-order chi connectivity index (χ1) is 10.7. The normalized spacial score (nSPS) is 11.2. The third kappa shape index (κ3) is 4.50. The number of aryl methyl sites for hydroxylation is 2. The number of nitrogens with two attached hydrogens (primary N) is 1. The van der Waals surface area contributed by atoms with Gasteiger partial charge in [-0.15, -0.1) is 12.4 Å². The van der Waals surface area contributed by atoms with Crippen LogP contribution in [0.3, 0.4) is 0 Å².